The fourth-order valence-electron chi connectivity index (χ4n) is 1.80. The molecule has 0 bridgehead atoms. The van der Waals surface area contributed by atoms with E-state index in [1.165, 1.54) is 0 Å². The monoisotopic (exact) mass is 403 g/mol. The van der Waals surface area contributed by atoms with Crippen LogP contribution in [-0.4, -0.2) is 33.0 Å². The van der Waals surface area contributed by atoms with E-state index >= 15 is 0 Å². The van der Waals surface area contributed by atoms with Gasteiger partial charge in [0.1, 0.15) is 0 Å². The summed E-state index contributed by atoms with van der Waals surface area (Å²) < 4.78 is 4.98. The van der Waals surface area contributed by atoms with Crippen LogP contribution in [0.1, 0.15) is 33.6 Å². The number of nitrogens with zero attached hydrogens (tertiary/aromatic N) is 1. The number of likely N-dealkylation sites (tertiary alicyclic amines) is 1. The fourth-order valence-corrected chi connectivity index (χ4v) is 2.98. The maximum Gasteiger partial charge on any atom is 0.409 e. The zero-order valence-electron chi connectivity index (χ0n) is 10.1. The lowest BCUT2D eigenvalue weighted by molar-refractivity contribution is 0.108. The highest BCUT2D eigenvalue weighted by atomic mass is 127. The summed E-state index contributed by atoms with van der Waals surface area (Å²) in [5, 5.41) is 0. The quantitative estimate of drug-likeness (QED) is 0.492. The maximum atomic E-state index is 11.7. The topological polar surface area (TPSA) is 29.5 Å². The standard InChI is InChI=1S/C11H19BrINO2/c1-4-16-9(15)14-7-5-6-10(2,3)11(12,13)8-14/h4-8H2,1-3H3. The van der Waals surface area contributed by atoms with Crippen molar-refractivity contribution < 1.29 is 9.53 Å². The summed E-state index contributed by atoms with van der Waals surface area (Å²) in [5.41, 5.74) is 0.175. The molecule has 0 spiro atoms. The predicted molar refractivity (Wildman–Crippen MR) is 77.3 cm³/mol. The second-order valence-corrected chi connectivity index (χ2v) is 9.49. The number of hydrogen-bond acceptors (Lipinski definition) is 2. The van der Waals surface area contributed by atoms with Crippen LogP contribution in [0.15, 0.2) is 0 Å². The lowest BCUT2D eigenvalue weighted by atomic mass is 9.85. The van der Waals surface area contributed by atoms with Crippen LogP contribution in [0.2, 0.25) is 0 Å². The number of alkyl halides is 2. The number of hydrogen-bond donors (Lipinski definition) is 0. The molecule has 94 valence electrons. The SMILES string of the molecule is CCOC(=O)N1CCCC(C)(C)C(Br)(I)C1. The molecule has 1 fully saturated rings. The lowest BCUT2D eigenvalue weighted by Gasteiger charge is -2.37. The first-order chi connectivity index (χ1) is 7.30. The fraction of sp³-hybridized carbons (Fsp3) is 0.909. The molecule has 1 aliphatic rings. The molecule has 0 aromatic carbocycles. The molecule has 1 unspecified atom stereocenters. The minimum absolute atomic E-state index is 0.0823. The molecule has 3 nitrogen and oxygen atoms in total. The Morgan fingerprint density at radius 1 is 1.56 bits per heavy atom. The van der Waals surface area contributed by atoms with E-state index in [-0.39, 0.29) is 13.8 Å². The van der Waals surface area contributed by atoms with E-state index in [9.17, 15) is 4.79 Å². The molecule has 1 heterocycles. The normalized spacial score (nSPS) is 29.7. The lowest BCUT2D eigenvalue weighted by Crippen LogP contribution is -2.43. The molecule has 16 heavy (non-hydrogen) atoms. The highest BCUT2D eigenvalue weighted by molar-refractivity contribution is 14.1. The first-order valence-corrected chi connectivity index (χ1v) is 7.47. The summed E-state index contributed by atoms with van der Waals surface area (Å²) in [6.45, 7) is 8.24. The van der Waals surface area contributed by atoms with Gasteiger partial charge in [0.2, 0.25) is 0 Å². The first-order valence-electron chi connectivity index (χ1n) is 5.60. The number of carbonyl (C=O) groups is 1. The number of carbonyl (C=O) groups excluding carboxylic acids is 1. The molecule has 1 rings (SSSR count). The second-order valence-electron chi connectivity index (χ2n) is 4.81. The Hall–Kier alpha value is 0.480. The Labute approximate surface area is 120 Å². The van der Waals surface area contributed by atoms with Gasteiger partial charge in [-0.15, -0.1) is 0 Å². The van der Waals surface area contributed by atoms with E-state index in [1.807, 2.05) is 6.92 Å². The van der Waals surface area contributed by atoms with Gasteiger partial charge in [0.05, 0.1) is 8.94 Å². The van der Waals surface area contributed by atoms with Crippen LogP contribution in [0.4, 0.5) is 4.79 Å². The van der Waals surface area contributed by atoms with Crippen LogP contribution in [-0.2, 0) is 4.74 Å². The molecule has 1 amide bonds. The van der Waals surface area contributed by atoms with Gasteiger partial charge in [-0.1, -0.05) is 52.4 Å². The summed E-state index contributed by atoms with van der Waals surface area (Å²) in [6.07, 6.45) is 1.94. The summed E-state index contributed by atoms with van der Waals surface area (Å²) in [5.74, 6) is 0. The molecule has 5 heteroatoms. The summed E-state index contributed by atoms with van der Waals surface area (Å²) >= 11 is 6.16. The zero-order valence-corrected chi connectivity index (χ0v) is 13.8. The second kappa shape index (κ2) is 5.42. The van der Waals surface area contributed by atoms with Gasteiger partial charge in [0.15, 0.2) is 0 Å². The average molecular weight is 404 g/mol. The summed E-state index contributed by atoms with van der Waals surface area (Å²) in [7, 11) is 0. The number of halogens is 2. The van der Waals surface area contributed by atoms with E-state index in [2.05, 4.69) is 52.4 Å². The summed E-state index contributed by atoms with van der Waals surface area (Å²) in [4.78, 5) is 13.5. The Morgan fingerprint density at radius 2 is 2.19 bits per heavy atom. The number of ether oxygens (including phenoxy) is 1. The van der Waals surface area contributed by atoms with Gasteiger partial charge in [-0.25, -0.2) is 4.79 Å². The molecular weight excluding hydrogens is 385 g/mol. The molecule has 0 radical (unpaired) electrons. The van der Waals surface area contributed by atoms with Gasteiger partial charge < -0.3 is 9.64 Å². The molecule has 0 N–H and O–H groups in total. The van der Waals surface area contributed by atoms with Crippen LogP contribution in [0.5, 0.6) is 0 Å². The van der Waals surface area contributed by atoms with Crippen molar-refractivity contribution in [2.45, 2.75) is 35.9 Å². The minimum atomic E-state index is -0.194. The van der Waals surface area contributed by atoms with Crippen molar-refractivity contribution in [2.24, 2.45) is 5.41 Å². The number of amides is 1. The maximum absolute atomic E-state index is 11.7. The van der Waals surface area contributed by atoms with Gasteiger partial charge in [-0.05, 0) is 25.2 Å². The molecule has 1 aliphatic heterocycles. The molecular formula is C11H19BrINO2. The smallest absolute Gasteiger partial charge is 0.409 e. The van der Waals surface area contributed by atoms with Gasteiger partial charge in [-0.2, -0.15) is 0 Å². The van der Waals surface area contributed by atoms with Crippen molar-refractivity contribution in [2.75, 3.05) is 19.7 Å². The molecule has 1 saturated heterocycles. The Morgan fingerprint density at radius 3 is 2.75 bits per heavy atom. The Balaban J connectivity index is 2.76. The Kier molecular flexibility index (Phi) is 4.92. The molecule has 1 atom stereocenters. The van der Waals surface area contributed by atoms with Crippen molar-refractivity contribution >= 4 is 44.6 Å². The third-order valence-electron chi connectivity index (χ3n) is 3.14. The van der Waals surface area contributed by atoms with Crippen LogP contribution in [0.25, 0.3) is 0 Å². The van der Waals surface area contributed by atoms with Gasteiger partial charge in [0, 0.05) is 13.1 Å². The molecule has 0 aromatic heterocycles. The van der Waals surface area contributed by atoms with Crippen molar-refractivity contribution in [1.82, 2.24) is 4.90 Å². The third-order valence-corrected chi connectivity index (χ3v) is 6.26. The van der Waals surface area contributed by atoms with Crippen LogP contribution < -0.4 is 0 Å². The summed E-state index contributed by atoms with van der Waals surface area (Å²) in [6, 6.07) is 0. The van der Waals surface area contributed by atoms with Gasteiger partial charge >= 0.3 is 6.09 Å². The zero-order chi connectivity index (χ0) is 12.4. The average Bonchev–Trinajstić information content (AvgIpc) is 2.24. The number of rotatable bonds is 1. The first kappa shape index (κ1) is 14.5. The van der Waals surface area contributed by atoms with E-state index in [0.717, 1.165) is 19.4 Å². The van der Waals surface area contributed by atoms with E-state index in [4.69, 9.17) is 4.74 Å². The van der Waals surface area contributed by atoms with Crippen molar-refractivity contribution in [3.63, 3.8) is 0 Å². The highest BCUT2D eigenvalue weighted by Gasteiger charge is 2.44. The van der Waals surface area contributed by atoms with Crippen LogP contribution in [0.3, 0.4) is 0 Å². The van der Waals surface area contributed by atoms with Crippen molar-refractivity contribution in [3.8, 4) is 0 Å². The van der Waals surface area contributed by atoms with Crippen molar-refractivity contribution in [3.05, 3.63) is 0 Å². The van der Waals surface area contributed by atoms with E-state index in [0.29, 0.717) is 13.2 Å². The van der Waals surface area contributed by atoms with E-state index < -0.39 is 0 Å². The van der Waals surface area contributed by atoms with Crippen LogP contribution in [0, 0.1) is 5.41 Å². The minimum Gasteiger partial charge on any atom is -0.450 e. The largest absolute Gasteiger partial charge is 0.450 e. The molecule has 0 aromatic rings. The predicted octanol–water partition coefficient (Wildman–Crippen LogP) is 3.79. The third kappa shape index (κ3) is 3.24. The van der Waals surface area contributed by atoms with Crippen molar-refractivity contribution in [1.29, 1.82) is 0 Å². The van der Waals surface area contributed by atoms with E-state index in [1.54, 1.807) is 4.90 Å². The van der Waals surface area contributed by atoms with Gasteiger partial charge in [-0.3, -0.25) is 0 Å². The molecule has 0 saturated carbocycles. The van der Waals surface area contributed by atoms with Gasteiger partial charge in [0.25, 0.3) is 0 Å². The Bertz CT molecular complexity index is 269. The molecule has 0 aliphatic carbocycles. The van der Waals surface area contributed by atoms with Crippen LogP contribution >= 0.6 is 38.5 Å². The highest BCUT2D eigenvalue weighted by Crippen LogP contribution is 2.49.